The lowest BCUT2D eigenvalue weighted by atomic mass is 10.0. The lowest BCUT2D eigenvalue weighted by Gasteiger charge is -2.37. The van der Waals surface area contributed by atoms with Crippen molar-refractivity contribution in [2.24, 2.45) is 10.9 Å². The molecule has 6 heteroatoms. The molecule has 1 aliphatic heterocycles. The largest absolute Gasteiger partial charge is 0.409 e. The molecule has 0 radical (unpaired) electrons. The van der Waals surface area contributed by atoms with Crippen LogP contribution in [0.3, 0.4) is 0 Å². The van der Waals surface area contributed by atoms with Gasteiger partial charge in [0.15, 0.2) is 5.84 Å². The van der Waals surface area contributed by atoms with Gasteiger partial charge in [0.1, 0.15) is 5.69 Å². The predicted molar refractivity (Wildman–Crippen MR) is 75.7 cm³/mol. The molecule has 2 rings (SSSR count). The molecule has 1 unspecified atom stereocenters. The highest BCUT2D eigenvalue weighted by atomic mass is 16.4. The van der Waals surface area contributed by atoms with E-state index >= 15 is 0 Å². The van der Waals surface area contributed by atoms with Crippen LogP contribution in [0.15, 0.2) is 23.5 Å². The van der Waals surface area contributed by atoms with E-state index in [2.05, 4.69) is 34.0 Å². The first-order valence-corrected chi connectivity index (χ1v) is 6.47. The molecule has 1 fully saturated rings. The van der Waals surface area contributed by atoms with Crippen molar-refractivity contribution in [2.75, 3.05) is 32.1 Å². The normalized spacial score (nSPS) is 20.9. The Balaban J connectivity index is 2.26. The highest BCUT2D eigenvalue weighted by Gasteiger charge is 2.24. The van der Waals surface area contributed by atoms with Crippen LogP contribution in [0.5, 0.6) is 0 Å². The highest BCUT2D eigenvalue weighted by molar-refractivity contribution is 6.00. The minimum atomic E-state index is 0.0579. The van der Waals surface area contributed by atoms with E-state index in [-0.39, 0.29) is 5.84 Å². The number of oxime groups is 1. The topological polar surface area (TPSA) is 78.0 Å². The van der Waals surface area contributed by atoms with Crippen LogP contribution in [0.4, 0.5) is 5.69 Å². The molecule has 0 saturated carbocycles. The lowest BCUT2D eigenvalue weighted by molar-refractivity contribution is 0.258. The molecule has 1 aromatic heterocycles. The van der Waals surface area contributed by atoms with Gasteiger partial charge in [0.25, 0.3) is 0 Å². The molecule has 0 amide bonds. The highest BCUT2D eigenvalue weighted by Crippen LogP contribution is 2.23. The van der Waals surface area contributed by atoms with Crippen molar-refractivity contribution in [3.05, 3.63) is 24.0 Å². The van der Waals surface area contributed by atoms with Crippen LogP contribution in [0.2, 0.25) is 0 Å². The van der Waals surface area contributed by atoms with E-state index in [1.54, 1.807) is 6.20 Å². The molecular formula is C13H21N5O. The number of amidine groups is 1. The molecule has 0 aromatic carbocycles. The third-order valence-electron chi connectivity index (χ3n) is 3.60. The van der Waals surface area contributed by atoms with Crippen molar-refractivity contribution in [1.82, 2.24) is 9.88 Å². The van der Waals surface area contributed by atoms with Crippen molar-refractivity contribution in [2.45, 2.75) is 18.9 Å². The van der Waals surface area contributed by atoms with E-state index < -0.39 is 0 Å². The first kappa shape index (κ1) is 13.6. The van der Waals surface area contributed by atoms with E-state index in [9.17, 15) is 0 Å². The van der Waals surface area contributed by atoms with Gasteiger partial charge in [-0.05, 0) is 39.1 Å². The average Bonchev–Trinajstić information content (AvgIpc) is 2.46. The monoisotopic (exact) mass is 263 g/mol. The summed E-state index contributed by atoms with van der Waals surface area (Å²) in [5.41, 5.74) is 7.18. The molecular weight excluding hydrogens is 242 g/mol. The van der Waals surface area contributed by atoms with Crippen LogP contribution in [-0.2, 0) is 0 Å². The number of anilines is 1. The maximum atomic E-state index is 8.85. The Labute approximate surface area is 113 Å². The fourth-order valence-corrected chi connectivity index (χ4v) is 2.49. The molecule has 0 spiro atoms. The predicted octanol–water partition coefficient (Wildman–Crippen LogP) is 0.707. The van der Waals surface area contributed by atoms with Gasteiger partial charge in [0.2, 0.25) is 0 Å². The smallest absolute Gasteiger partial charge is 0.190 e. The fraction of sp³-hybridized carbons (Fsp3) is 0.538. The van der Waals surface area contributed by atoms with Gasteiger partial charge in [-0.3, -0.25) is 4.98 Å². The third kappa shape index (κ3) is 2.96. The Morgan fingerprint density at radius 1 is 1.58 bits per heavy atom. The second-order valence-corrected chi connectivity index (χ2v) is 5.06. The van der Waals surface area contributed by atoms with Gasteiger partial charge in [0, 0.05) is 25.3 Å². The molecule has 19 heavy (non-hydrogen) atoms. The van der Waals surface area contributed by atoms with E-state index in [1.165, 1.54) is 6.42 Å². The zero-order chi connectivity index (χ0) is 13.8. The molecule has 1 aromatic rings. The van der Waals surface area contributed by atoms with Crippen LogP contribution < -0.4 is 10.6 Å². The van der Waals surface area contributed by atoms with Crippen LogP contribution in [0.25, 0.3) is 0 Å². The maximum absolute atomic E-state index is 8.85. The Kier molecular flexibility index (Phi) is 4.21. The summed E-state index contributed by atoms with van der Waals surface area (Å²) >= 11 is 0. The van der Waals surface area contributed by atoms with Gasteiger partial charge in [0.05, 0.1) is 5.69 Å². The molecule has 1 aliphatic rings. The maximum Gasteiger partial charge on any atom is 0.190 e. The van der Waals surface area contributed by atoms with Crippen LogP contribution in [0.1, 0.15) is 18.5 Å². The number of pyridine rings is 1. The Morgan fingerprint density at radius 3 is 3.05 bits per heavy atom. The van der Waals surface area contributed by atoms with Crippen molar-refractivity contribution in [3.63, 3.8) is 0 Å². The molecule has 104 valence electrons. The zero-order valence-electron chi connectivity index (χ0n) is 11.5. The quantitative estimate of drug-likeness (QED) is 0.363. The van der Waals surface area contributed by atoms with Gasteiger partial charge in [-0.1, -0.05) is 5.16 Å². The zero-order valence-corrected chi connectivity index (χ0v) is 11.5. The molecule has 1 atom stereocenters. The lowest BCUT2D eigenvalue weighted by Crippen LogP contribution is -2.45. The Hall–Kier alpha value is -1.82. The molecule has 0 aliphatic carbocycles. The molecule has 6 nitrogen and oxygen atoms in total. The summed E-state index contributed by atoms with van der Waals surface area (Å²) in [6, 6.07) is 4.37. The minimum Gasteiger partial charge on any atom is -0.409 e. The van der Waals surface area contributed by atoms with Gasteiger partial charge >= 0.3 is 0 Å². The summed E-state index contributed by atoms with van der Waals surface area (Å²) in [5.74, 6) is 0.0579. The van der Waals surface area contributed by atoms with E-state index in [0.717, 1.165) is 25.2 Å². The number of likely N-dealkylation sites (N-methyl/N-ethyl adjacent to an activating group) is 1. The molecule has 3 N–H and O–H groups in total. The second kappa shape index (κ2) is 5.88. The number of piperidine rings is 1. The fourth-order valence-electron chi connectivity index (χ4n) is 2.49. The van der Waals surface area contributed by atoms with Gasteiger partial charge < -0.3 is 20.7 Å². The number of rotatable bonds is 3. The molecule has 0 bridgehead atoms. The van der Waals surface area contributed by atoms with Crippen molar-refractivity contribution < 1.29 is 5.21 Å². The average molecular weight is 263 g/mol. The summed E-state index contributed by atoms with van der Waals surface area (Å²) in [4.78, 5) is 8.72. The summed E-state index contributed by atoms with van der Waals surface area (Å²) in [6.45, 7) is 1.91. The van der Waals surface area contributed by atoms with Gasteiger partial charge in [-0.2, -0.15) is 0 Å². The first-order chi connectivity index (χ1) is 9.13. The second-order valence-electron chi connectivity index (χ2n) is 5.06. The van der Waals surface area contributed by atoms with Crippen molar-refractivity contribution in [3.8, 4) is 0 Å². The molecule has 1 saturated heterocycles. The summed E-state index contributed by atoms with van der Waals surface area (Å²) < 4.78 is 0. The number of hydrogen-bond donors (Lipinski definition) is 2. The van der Waals surface area contributed by atoms with Crippen LogP contribution in [0, 0.1) is 0 Å². The number of aromatic nitrogens is 1. The van der Waals surface area contributed by atoms with Crippen LogP contribution >= 0.6 is 0 Å². The summed E-state index contributed by atoms with van der Waals surface area (Å²) in [6.07, 6.45) is 3.99. The minimum absolute atomic E-state index is 0.0579. The number of hydrogen-bond acceptors (Lipinski definition) is 5. The number of nitrogens with two attached hydrogens (primary N) is 1. The van der Waals surface area contributed by atoms with Gasteiger partial charge in [-0.25, -0.2) is 0 Å². The summed E-state index contributed by atoms with van der Waals surface area (Å²) in [7, 11) is 4.20. The third-order valence-corrected chi connectivity index (χ3v) is 3.60. The standard InChI is InChI=1S/C13H21N5O/c1-17(2)10-5-4-8-18(9-10)11-6-3-7-15-12(11)13(14)16-19/h3,6-7,10,19H,4-5,8-9H2,1-2H3,(H2,14,16). The van der Waals surface area contributed by atoms with Crippen molar-refractivity contribution >= 4 is 11.5 Å². The van der Waals surface area contributed by atoms with Crippen molar-refractivity contribution in [1.29, 1.82) is 0 Å². The Morgan fingerprint density at radius 2 is 2.37 bits per heavy atom. The number of nitrogens with zero attached hydrogens (tertiary/aromatic N) is 4. The van der Waals surface area contributed by atoms with Gasteiger partial charge in [-0.15, -0.1) is 0 Å². The van der Waals surface area contributed by atoms with Crippen LogP contribution in [-0.4, -0.2) is 54.2 Å². The first-order valence-electron chi connectivity index (χ1n) is 6.47. The summed E-state index contributed by atoms with van der Waals surface area (Å²) in [5, 5.41) is 11.9. The SMILES string of the molecule is CN(C)C1CCCN(c2cccnc2/C(N)=N/O)C1. The van der Waals surface area contributed by atoms with E-state index in [4.69, 9.17) is 10.9 Å². The molecule has 2 heterocycles. The van der Waals surface area contributed by atoms with E-state index in [0.29, 0.717) is 11.7 Å². The van der Waals surface area contributed by atoms with E-state index in [1.807, 2.05) is 12.1 Å². The Bertz CT molecular complexity index is 460.